The van der Waals surface area contributed by atoms with Crippen molar-refractivity contribution >= 4 is 48.3 Å². The van der Waals surface area contributed by atoms with E-state index in [-0.39, 0.29) is 10.6 Å². The summed E-state index contributed by atoms with van der Waals surface area (Å²) in [5, 5.41) is 6.36. The highest BCUT2D eigenvalue weighted by atomic mass is 32.2. The zero-order valence-corrected chi connectivity index (χ0v) is 13.0. The molecule has 0 spiro atoms. The van der Waals surface area contributed by atoms with Crippen LogP contribution in [0.25, 0.3) is 10.1 Å². The maximum absolute atomic E-state index is 11.7. The molecule has 0 atom stereocenters. The molecule has 0 aliphatic heterocycles. The van der Waals surface area contributed by atoms with Crippen molar-refractivity contribution in [2.45, 2.75) is 4.90 Å². The van der Waals surface area contributed by atoms with Gasteiger partial charge in [-0.25, -0.2) is 8.42 Å². The maximum atomic E-state index is 11.7. The fraction of sp³-hybridized carbons (Fsp3) is 0.0667. The van der Waals surface area contributed by atoms with Crippen LogP contribution < -0.4 is 11.1 Å². The fourth-order valence-corrected chi connectivity index (χ4v) is 3.78. The molecule has 2 aromatic carbocycles. The summed E-state index contributed by atoms with van der Waals surface area (Å²) in [6.07, 6.45) is 1.15. The van der Waals surface area contributed by atoms with Gasteiger partial charge >= 0.3 is 0 Å². The molecule has 3 rings (SSSR count). The first kappa shape index (κ1) is 13.9. The molecule has 0 saturated carbocycles. The van der Waals surface area contributed by atoms with Gasteiger partial charge in [0.1, 0.15) is 0 Å². The Morgan fingerprint density at radius 3 is 2.71 bits per heavy atom. The lowest BCUT2D eigenvalue weighted by Gasteiger charge is -2.12. The molecule has 4 nitrogen and oxygen atoms in total. The molecule has 0 fully saturated rings. The Hall–Kier alpha value is -2.05. The van der Waals surface area contributed by atoms with Crippen molar-refractivity contribution in [3.05, 3.63) is 47.8 Å². The molecule has 1 heterocycles. The van der Waals surface area contributed by atoms with Crippen molar-refractivity contribution < 1.29 is 8.42 Å². The van der Waals surface area contributed by atoms with E-state index in [0.717, 1.165) is 17.3 Å². The number of rotatable bonds is 3. The number of hydrogen-bond acceptors (Lipinski definition) is 5. The Labute approximate surface area is 127 Å². The van der Waals surface area contributed by atoms with Gasteiger partial charge in [-0.3, -0.25) is 0 Å². The summed E-state index contributed by atoms with van der Waals surface area (Å²) in [5.41, 5.74) is 7.68. The van der Waals surface area contributed by atoms with Crippen LogP contribution in [0.5, 0.6) is 0 Å². The summed E-state index contributed by atoms with van der Waals surface area (Å²) in [6, 6.07) is 13.0. The maximum Gasteiger partial charge on any atom is 0.177 e. The van der Waals surface area contributed by atoms with Gasteiger partial charge in [-0.05, 0) is 47.2 Å². The number of nitrogens with one attached hydrogen (secondary N) is 1. The summed E-state index contributed by atoms with van der Waals surface area (Å²) < 4.78 is 24.6. The number of anilines is 3. The largest absolute Gasteiger partial charge is 0.396 e. The van der Waals surface area contributed by atoms with E-state index < -0.39 is 9.84 Å². The topological polar surface area (TPSA) is 72.2 Å². The molecule has 0 saturated heterocycles. The molecule has 108 valence electrons. The van der Waals surface area contributed by atoms with Crippen LogP contribution in [0.3, 0.4) is 0 Å². The summed E-state index contributed by atoms with van der Waals surface area (Å²) in [4.78, 5) is 0.143. The summed E-state index contributed by atoms with van der Waals surface area (Å²) in [5.74, 6) is 0. The summed E-state index contributed by atoms with van der Waals surface area (Å²) in [6.45, 7) is 0. The monoisotopic (exact) mass is 318 g/mol. The SMILES string of the molecule is CS(=O)(=O)c1cccc(Nc2ccc3sccc3c2)c1N. The number of nitrogen functional groups attached to an aromatic ring is 1. The van der Waals surface area contributed by atoms with Crippen LogP contribution in [0.4, 0.5) is 17.1 Å². The Morgan fingerprint density at radius 1 is 1.14 bits per heavy atom. The first-order valence-electron chi connectivity index (χ1n) is 6.28. The van der Waals surface area contributed by atoms with Crippen LogP contribution in [-0.2, 0) is 9.84 Å². The highest BCUT2D eigenvalue weighted by molar-refractivity contribution is 7.90. The van der Waals surface area contributed by atoms with Crippen LogP contribution >= 0.6 is 11.3 Å². The molecule has 0 amide bonds. The zero-order valence-electron chi connectivity index (χ0n) is 11.3. The van der Waals surface area contributed by atoms with Crippen LogP contribution in [0.2, 0.25) is 0 Å². The Balaban J connectivity index is 2.01. The molecule has 1 aromatic heterocycles. The Bertz CT molecular complexity index is 914. The smallest absolute Gasteiger partial charge is 0.177 e. The van der Waals surface area contributed by atoms with Gasteiger partial charge in [0.2, 0.25) is 0 Å². The Kier molecular flexibility index (Phi) is 3.35. The van der Waals surface area contributed by atoms with Crippen molar-refractivity contribution in [1.82, 2.24) is 0 Å². The number of nitrogens with two attached hydrogens (primary N) is 1. The zero-order chi connectivity index (χ0) is 15.0. The van der Waals surface area contributed by atoms with Crippen LogP contribution in [0, 0.1) is 0 Å². The van der Waals surface area contributed by atoms with Gasteiger partial charge in [0.05, 0.1) is 16.3 Å². The minimum atomic E-state index is -3.34. The van der Waals surface area contributed by atoms with Crippen LogP contribution in [0.15, 0.2) is 52.7 Å². The third-order valence-electron chi connectivity index (χ3n) is 3.20. The van der Waals surface area contributed by atoms with Gasteiger partial charge in [-0.2, -0.15) is 0 Å². The van der Waals surface area contributed by atoms with Gasteiger partial charge in [-0.1, -0.05) is 6.07 Å². The van der Waals surface area contributed by atoms with E-state index in [4.69, 9.17) is 5.73 Å². The standard InChI is InChI=1S/C15H14N2O2S2/c1-21(18,19)14-4-2-3-12(15(14)16)17-11-5-6-13-10(9-11)7-8-20-13/h2-9,17H,16H2,1H3. The number of fused-ring (bicyclic) bond motifs is 1. The van der Waals surface area contributed by atoms with Gasteiger partial charge in [-0.15, -0.1) is 11.3 Å². The molecule has 3 aromatic rings. The van der Waals surface area contributed by atoms with E-state index in [9.17, 15) is 8.42 Å². The normalized spacial score (nSPS) is 11.7. The molecular weight excluding hydrogens is 304 g/mol. The van der Waals surface area contributed by atoms with Gasteiger partial charge in [0, 0.05) is 16.6 Å². The number of para-hydroxylation sites is 1. The first-order chi connectivity index (χ1) is 9.95. The molecule has 3 N–H and O–H groups in total. The molecule has 21 heavy (non-hydrogen) atoms. The third kappa shape index (κ3) is 2.72. The summed E-state index contributed by atoms with van der Waals surface area (Å²) in [7, 11) is -3.34. The number of benzene rings is 2. The number of hydrogen-bond donors (Lipinski definition) is 2. The second-order valence-electron chi connectivity index (χ2n) is 4.79. The van der Waals surface area contributed by atoms with E-state index in [2.05, 4.69) is 5.32 Å². The molecule has 0 aliphatic rings. The predicted molar refractivity (Wildman–Crippen MR) is 89.1 cm³/mol. The average molecular weight is 318 g/mol. The average Bonchev–Trinajstić information content (AvgIpc) is 2.87. The van der Waals surface area contributed by atoms with Crippen LogP contribution in [0.1, 0.15) is 0 Å². The van der Waals surface area contributed by atoms with Crippen molar-refractivity contribution in [3.8, 4) is 0 Å². The van der Waals surface area contributed by atoms with Crippen molar-refractivity contribution in [2.24, 2.45) is 0 Å². The molecule has 0 bridgehead atoms. The lowest BCUT2D eigenvalue weighted by atomic mass is 10.2. The van der Waals surface area contributed by atoms with Gasteiger partial charge < -0.3 is 11.1 Å². The van der Waals surface area contributed by atoms with E-state index in [1.165, 1.54) is 10.8 Å². The molecule has 0 aliphatic carbocycles. The second kappa shape index (κ2) is 5.05. The molecule has 0 radical (unpaired) electrons. The van der Waals surface area contributed by atoms with E-state index in [1.54, 1.807) is 23.5 Å². The van der Waals surface area contributed by atoms with Crippen molar-refractivity contribution in [1.29, 1.82) is 0 Å². The quantitative estimate of drug-likeness (QED) is 0.723. The van der Waals surface area contributed by atoms with Crippen molar-refractivity contribution in [2.75, 3.05) is 17.3 Å². The highest BCUT2D eigenvalue weighted by Gasteiger charge is 2.14. The number of thiophene rings is 1. The Morgan fingerprint density at radius 2 is 1.95 bits per heavy atom. The molecule has 6 heteroatoms. The van der Waals surface area contributed by atoms with E-state index in [1.807, 2.05) is 29.6 Å². The molecule has 0 unspecified atom stereocenters. The lowest BCUT2D eigenvalue weighted by molar-refractivity contribution is 0.602. The lowest BCUT2D eigenvalue weighted by Crippen LogP contribution is -2.05. The van der Waals surface area contributed by atoms with Gasteiger partial charge in [0.25, 0.3) is 0 Å². The minimum Gasteiger partial charge on any atom is -0.396 e. The van der Waals surface area contributed by atoms with Crippen molar-refractivity contribution in [3.63, 3.8) is 0 Å². The van der Waals surface area contributed by atoms with Gasteiger partial charge in [0.15, 0.2) is 9.84 Å². The summed E-state index contributed by atoms with van der Waals surface area (Å²) >= 11 is 1.68. The van der Waals surface area contributed by atoms with Crippen LogP contribution in [-0.4, -0.2) is 14.7 Å². The third-order valence-corrected chi connectivity index (χ3v) is 5.25. The minimum absolute atomic E-state index is 0.143. The highest BCUT2D eigenvalue weighted by Crippen LogP contribution is 2.31. The second-order valence-corrected chi connectivity index (χ2v) is 7.72. The molecular formula is C15H14N2O2S2. The fourth-order valence-electron chi connectivity index (χ4n) is 2.18. The number of sulfone groups is 1. The van der Waals surface area contributed by atoms with E-state index >= 15 is 0 Å². The first-order valence-corrected chi connectivity index (χ1v) is 9.05. The predicted octanol–water partition coefficient (Wildman–Crippen LogP) is 3.63. The van der Waals surface area contributed by atoms with E-state index in [0.29, 0.717) is 5.69 Å².